The predicted octanol–water partition coefficient (Wildman–Crippen LogP) is 1.45. The number of nitrogens with zero attached hydrogens (tertiary/aromatic N) is 2. The zero-order valence-corrected chi connectivity index (χ0v) is 16.2. The Kier molecular flexibility index (Phi) is 8.29. The van der Waals surface area contributed by atoms with E-state index in [1.165, 1.54) is 18.6 Å². The molecular weight excluding hydrogens is 357 g/mol. The molecule has 2 aromatic rings. The molecule has 1 heterocycles. The third kappa shape index (κ3) is 6.86. The maximum atomic E-state index is 12.9. The summed E-state index contributed by atoms with van der Waals surface area (Å²) in [6.07, 6.45) is 5.01. The van der Waals surface area contributed by atoms with Gasteiger partial charge in [0.05, 0.1) is 12.1 Å². The minimum Gasteiger partial charge on any atom is -0.426 e. The number of aromatic nitrogens is 2. The van der Waals surface area contributed by atoms with Crippen LogP contribution in [-0.2, 0) is 11.2 Å². The average molecular weight is 383 g/mol. The van der Waals surface area contributed by atoms with Crippen molar-refractivity contribution in [3.8, 4) is 0 Å². The van der Waals surface area contributed by atoms with Crippen molar-refractivity contribution in [2.45, 2.75) is 39.1 Å². The van der Waals surface area contributed by atoms with Gasteiger partial charge in [-0.1, -0.05) is 44.2 Å². The van der Waals surface area contributed by atoms with Gasteiger partial charge in [-0.05, 0) is 24.3 Å². The molecule has 0 saturated heterocycles. The van der Waals surface area contributed by atoms with Crippen LogP contribution in [0.2, 0.25) is 0 Å². The Morgan fingerprint density at radius 2 is 1.86 bits per heavy atom. The monoisotopic (exact) mass is 383 g/mol. The minimum absolute atomic E-state index is 0.0463. The molecule has 2 rings (SSSR count). The lowest BCUT2D eigenvalue weighted by molar-refractivity contribution is -0.125. The van der Waals surface area contributed by atoms with Crippen molar-refractivity contribution < 1.29 is 19.6 Å². The Morgan fingerprint density at radius 1 is 1.14 bits per heavy atom. The third-order valence-electron chi connectivity index (χ3n) is 4.39. The van der Waals surface area contributed by atoms with Crippen molar-refractivity contribution >= 4 is 18.8 Å². The Balaban J connectivity index is 2.16. The molecule has 2 atom stereocenters. The minimum atomic E-state index is -1.67. The van der Waals surface area contributed by atoms with Crippen molar-refractivity contribution in [2.75, 3.05) is 0 Å². The summed E-state index contributed by atoms with van der Waals surface area (Å²) in [6.45, 7) is 3.86. The Labute approximate surface area is 165 Å². The fraction of sp³-hybridized carbons (Fsp3) is 0.400. The fourth-order valence-corrected chi connectivity index (χ4v) is 2.99. The van der Waals surface area contributed by atoms with Crippen molar-refractivity contribution in [2.24, 2.45) is 11.8 Å². The van der Waals surface area contributed by atoms with Crippen molar-refractivity contribution in [3.63, 3.8) is 0 Å². The highest BCUT2D eigenvalue weighted by Gasteiger charge is 2.30. The third-order valence-corrected chi connectivity index (χ3v) is 4.39. The van der Waals surface area contributed by atoms with Crippen molar-refractivity contribution in [3.05, 3.63) is 60.2 Å². The van der Waals surface area contributed by atoms with Crippen LogP contribution >= 0.6 is 0 Å². The molecule has 0 aliphatic carbocycles. The molecule has 1 aromatic carbocycles. The summed E-state index contributed by atoms with van der Waals surface area (Å²) in [5.41, 5.74) is 1.12. The molecule has 0 unspecified atom stereocenters. The Hall–Kier alpha value is -2.58. The molecule has 0 spiro atoms. The van der Waals surface area contributed by atoms with Crippen LogP contribution in [0.4, 0.5) is 0 Å². The van der Waals surface area contributed by atoms with E-state index in [0.29, 0.717) is 12.8 Å². The quantitative estimate of drug-likeness (QED) is 0.423. The van der Waals surface area contributed by atoms with Gasteiger partial charge in [0.15, 0.2) is 5.78 Å². The fourth-order valence-electron chi connectivity index (χ4n) is 2.99. The molecule has 7 nitrogen and oxygen atoms in total. The van der Waals surface area contributed by atoms with E-state index in [1.54, 1.807) is 0 Å². The first kappa shape index (κ1) is 21.7. The van der Waals surface area contributed by atoms with Crippen LogP contribution in [0.25, 0.3) is 0 Å². The van der Waals surface area contributed by atoms with Crippen LogP contribution in [0, 0.1) is 11.8 Å². The zero-order chi connectivity index (χ0) is 20.5. The van der Waals surface area contributed by atoms with E-state index in [0.717, 1.165) is 5.56 Å². The summed E-state index contributed by atoms with van der Waals surface area (Å²) in [5, 5.41) is 21.9. The summed E-state index contributed by atoms with van der Waals surface area (Å²) >= 11 is 0. The molecule has 0 aliphatic heterocycles. The SMILES string of the molecule is CC(C)C[C@H](NC(=O)[C@@H](CC(=O)c1cnccn1)Cc1ccccc1)B(O)O. The van der Waals surface area contributed by atoms with Gasteiger partial charge in [-0.3, -0.25) is 14.6 Å². The largest absolute Gasteiger partial charge is 0.475 e. The number of amides is 1. The van der Waals surface area contributed by atoms with E-state index < -0.39 is 19.0 Å². The lowest BCUT2D eigenvalue weighted by Gasteiger charge is -2.23. The van der Waals surface area contributed by atoms with Gasteiger partial charge in [-0.25, -0.2) is 4.98 Å². The predicted molar refractivity (Wildman–Crippen MR) is 106 cm³/mol. The number of Topliss-reactive ketones (excluding diaryl/α,β-unsaturated/α-hetero) is 1. The second kappa shape index (κ2) is 10.7. The molecule has 8 heteroatoms. The topological polar surface area (TPSA) is 112 Å². The molecular formula is C20H26BN3O4. The van der Waals surface area contributed by atoms with Gasteiger partial charge in [0.1, 0.15) is 5.69 Å². The molecule has 0 radical (unpaired) electrons. The van der Waals surface area contributed by atoms with Crippen LogP contribution < -0.4 is 5.32 Å². The van der Waals surface area contributed by atoms with Crippen LogP contribution in [0.5, 0.6) is 0 Å². The van der Waals surface area contributed by atoms with Crippen LogP contribution in [0.1, 0.15) is 42.7 Å². The Morgan fingerprint density at radius 3 is 2.43 bits per heavy atom. The first-order valence-corrected chi connectivity index (χ1v) is 9.36. The van der Waals surface area contributed by atoms with Gasteiger partial charge in [-0.2, -0.15) is 0 Å². The van der Waals surface area contributed by atoms with Crippen LogP contribution in [-0.4, -0.2) is 44.8 Å². The van der Waals surface area contributed by atoms with Gasteiger partial charge in [0.25, 0.3) is 0 Å². The van der Waals surface area contributed by atoms with Gasteiger partial charge < -0.3 is 15.4 Å². The number of hydrogen-bond acceptors (Lipinski definition) is 6. The number of nitrogens with one attached hydrogen (secondary N) is 1. The number of ketones is 1. The van der Waals surface area contributed by atoms with Crippen molar-refractivity contribution in [1.29, 1.82) is 0 Å². The number of carbonyl (C=O) groups excluding carboxylic acids is 2. The summed E-state index contributed by atoms with van der Waals surface area (Å²) in [6, 6.07) is 9.39. The molecule has 0 bridgehead atoms. The van der Waals surface area contributed by atoms with E-state index >= 15 is 0 Å². The number of hydrogen-bond donors (Lipinski definition) is 3. The van der Waals surface area contributed by atoms with E-state index in [2.05, 4.69) is 15.3 Å². The molecule has 28 heavy (non-hydrogen) atoms. The van der Waals surface area contributed by atoms with Gasteiger partial charge in [0, 0.05) is 24.7 Å². The highest BCUT2D eigenvalue weighted by atomic mass is 16.4. The zero-order valence-electron chi connectivity index (χ0n) is 16.2. The van der Waals surface area contributed by atoms with E-state index in [9.17, 15) is 19.6 Å². The normalized spacial score (nSPS) is 13.0. The van der Waals surface area contributed by atoms with E-state index in [1.807, 2.05) is 44.2 Å². The average Bonchev–Trinajstić information content (AvgIpc) is 2.68. The van der Waals surface area contributed by atoms with Crippen LogP contribution in [0.3, 0.4) is 0 Å². The number of carbonyl (C=O) groups is 2. The van der Waals surface area contributed by atoms with Crippen molar-refractivity contribution in [1.82, 2.24) is 15.3 Å². The first-order valence-electron chi connectivity index (χ1n) is 9.36. The molecule has 3 N–H and O–H groups in total. The highest BCUT2D eigenvalue weighted by molar-refractivity contribution is 6.43. The molecule has 1 aromatic heterocycles. The standard InChI is InChI=1S/C20H26BN3O4/c1-14(2)10-19(21(27)28)24-20(26)16(11-15-6-4-3-5-7-15)12-18(25)17-13-22-8-9-23-17/h3-9,13-14,16,19,27-28H,10-12H2,1-2H3,(H,24,26)/t16-,19+/m1/s1. The second-order valence-corrected chi connectivity index (χ2v) is 7.26. The van der Waals surface area contributed by atoms with Gasteiger partial charge in [0.2, 0.25) is 5.91 Å². The maximum Gasteiger partial charge on any atom is 0.475 e. The second-order valence-electron chi connectivity index (χ2n) is 7.26. The summed E-state index contributed by atoms with van der Waals surface area (Å²) in [7, 11) is -1.67. The van der Waals surface area contributed by atoms with Crippen LogP contribution in [0.15, 0.2) is 48.9 Å². The lowest BCUT2D eigenvalue weighted by atomic mass is 9.74. The summed E-state index contributed by atoms with van der Waals surface area (Å²) < 4.78 is 0. The highest BCUT2D eigenvalue weighted by Crippen LogP contribution is 2.17. The maximum absolute atomic E-state index is 12.9. The number of benzene rings is 1. The summed E-state index contributed by atoms with van der Waals surface area (Å²) in [5.74, 6) is -1.96. The van der Waals surface area contributed by atoms with Gasteiger partial charge >= 0.3 is 7.12 Å². The lowest BCUT2D eigenvalue weighted by Crippen LogP contribution is -2.49. The van der Waals surface area contributed by atoms with Gasteiger partial charge in [-0.15, -0.1) is 0 Å². The Bertz CT molecular complexity index is 757. The van der Waals surface area contributed by atoms with E-state index in [4.69, 9.17) is 0 Å². The van der Waals surface area contributed by atoms with E-state index in [-0.39, 0.29) is 29.7 Å². The number of rotatable bonds is 10. The first-order chi connectivity index (χ1) is 13.4. The molecule has 0 aliphatic rings. The summed E-state index contributed by atoms with van der Waals surface area (Å²) in [4.78, 5) is 33.4. The molecule has 1 amide bonds. The smallest absolute Gasteiger partial charge is 0.426 e. The molecule has 0 saturated carbocycles. The molecule has 0 fully saturated rings. The molecule has 148 valence electrons.